The van der Waals surface area contributed by atoms with Gasteiger partial charge in [0, 0.05) is 10.4 Å². The average molecular weight is 554 g/mol. The molecule has 1 heterocycles. The van der Waals surface area contributed by atoms with E-state index in [2.05, 4.69) is 15.8 Å². The zero-order valence-corrected chi connectivity index (χ0v) is 22.2. The molecule has 0 atom stereocenters. The molecule has 0 radical (unpaired) electrons. The lowest BCUT2D eigenvalue weighted by Gasteiger charge is -2.11. The smallest absolute Gasteiger partial charge is 0.345 e. The number of hydrogen-bond acceptors (Lipinski definition) is 8. The van der Waals surface area contributed by atoms with Crippen molar-refractivity contribution in [1.29, 1.82) is 0 Å². The molecule has 0 aliphatic heterocycles. The largest absolute Gasteiger partial charge is 0.462 e. The molecule has 0 unspecified atom stereocenters. The molecule has 11 heteroatoms. The van der Waals surface area contributed by atoms with Crippen LogP contribution < -0.4 is 15.5 Å². The number of carbonyl (C=O) groups is 4. The number of benzene rings is 2. The van der Waals surface area contributed by atoms with Gasteiger partial charge in [0.1, 0.15) is 10.8 Å². The van der Waals surface area contributed by atoms with Gasteiger partial charge in [-0.15, -0.1) is 11.3 Å². The van der Waals surface area contributed by atoms with Crippen LogP contribution in [-0.4, -0.2) is 36.1 Å². The topological polar surface area (TPSA) is 123 Å². The maximum atomic E-state index is 12.6. The van der Waals surface area contributed by atoms with Crippen LogP contribution >= 0.6 is 22.9 Å². The van der Waals surface area contributed by atoms with Crippen molar-refractivity contribution in [2.75, 3.05) is 11.9 Å². The highest BCUT2D eigenvalue weighted by atomic mass is 35.5. The normalized spacial score (nSPS) is 12.4. The summed E-state index contributed by atoms with van der Waals surface area (Å²) >= 11 is 7.36. The van der Waals surface area contributed by atoms with Crippen LogP contribution in [0, 0.1) is 0 Å². The SMILES string of the molecule is CCOC(=O)c1c(NC(=O)C(=O)N/N=C(\C)c2ccccc2OC(=O)c2ccccc2Cl)sc2c1CCC2. The van der Waals surface area contributed by atoms with Gasteiger partial charge in [0.15, 0.2) is 0 Å². The highest BCUT2D eigenvalue weighted by Crippen LogP contribution is 2.39. The second-order valence-corrected chi connectivity index (χ2v) is 9.75. The Morgan fingerprint density at radius 2 is 1.68 bits per heavy atom. The lowest BCUT2D eigenvalue weighted by Crippen LogP contribution is -2.33. The van der Waals surface area contributed by atoms with Crippen LogP contribution in [0.3, 0.4) is 0 Å². The molecule has 196 valence electrons. The first-order chi connectivity index (χ1) is 18.3. The number of fused-ring (bicyclic) bond motifs is 1. The third-order valence-corrected chi connectivity index (χ3v) is 7.27. The third kappa shape index (κ3) is 5.92. The number of anilines is 1. The third-order valence-electron chi connectivity index (χ3n) is 5.73. The fraction of sp³-hybridized carbons (Fsp3) is 0.222. The summed E-state index contributed by atoms with van der Waals surface area (Å²) < 4.78 is 10.7. The monoisotopic (exact) mass is 553 g/mol. The van der Waals surface area contributed by atoms with Crippen molar-refractivity contribution in [3.05, 3.63) is 80.7 Å². The van der Waals surface area contributed by atoms with E-state index in [-0.39, 0.29) is 33.7 Å². The number of para-hydroxylation sites is 1. The summed E-state index contributed by atoms with van der Waals surface area (Å²) in [6.07, 6.45) is 2.44. The highest BCUT2D eigenvalue weighted by molar-refractivity contribution is 7.17. The molecule has 0 bridgehead atoms. The van der Waals surface area contributed by atoms with Gasteiger partial charge >= 0.3 is 23.8 Å². The molecule has 9 nitrogen and oxygen atoms in total. The number of carbonyl (C=O) groups excluding carboxylic acids is 4. The van der Waals surface area contributed by atoms with Gasteiger partial charge in [-0.3, -0.25) is 9.59 Å². The zero-order chi connectivity index (χ0) is 27.2. The molecule has 3 aromatic rings. The number of halogens is 1. The Morgan fingerprint density at radius 3 is 2.42 bits per heavy atom. The summed E-state index contributed by atoms with van der Waals surface area (Å²) in [5.74, 6) is -2.99. The van der Waals surface area contributed by atoms with Gasteiger partial charge in [0.25, 0.3) is 0 Å². The van der Waals surface area contributed by atoms with Crippen LogP contribution in [0.25, 0.3) is 0 Å². The minimum Gasteiger partial charge on any atom is -0.462 e. The van der Waals surface area contributed by atoms with Crippen molar-refractivity contribution in [2.45, 2.75) is 33.1 Å². The number of nitrogens with zero attached hydrogens (tertiary/aromatic N) is 1. The first kappa shape index (κ1) is 27.0. The van der Waals surface area contributed by atoms with Crippen molar-refractivity contribution in [3.8, 4) is 5.75 Å². The van der Waals surface area contributed by atoms with Crippen LogP contribution in [0.15, 0.2) is 53.6 Å². The average Bonchev–Trinajstić information content (AvgIpc) is 3.48. The molecular weight excluding hydrogens is 530 g/mol. The number of ether oxygens (including phenoxy) is 2. The van der Waals surface area contributed by atoms with Crippen molar-refractivity contribution in [3.63, 3.8) is 0 Å². The molecule has 0 saturated carbocycles. The minimum absolute atomic E-state index is 0.195. The molecule has 1 aromatic heterocycles. The molecule has 1 aliphatic rings. The molecule has 2 amide bonds. The van der Waals surface area contributed by atoms with Gasteiger partial charge in [-0.1, -0.05) is 35.9 Å². The summed E-state index contributed by atoms with van der Waals surface area (Å²) in [7, 11) is 0. The first-order valence-corrected chi connectivity index (χ1v) is 13.0. The van der Waals surface area contributed by atoms with E-state index < -0.39 is 23.8 Å². The molecule has 1 aliphatic carbocycles. The molecule has 2 aromatic carbocycles. The van der Waals surface area contributed by atoms with Gasteiger partial charge in [-0.25, -0.2) is 15.0 Å². The Bertz CT molecular complexity index is 1450. The van der Waals surface area contributed by atoms with Crippen molar-refractivity contribution >= 4 is 57.4 Å². The molecule has 2 N–H and O–H groups in total. The fourth-order valence-corrected chi connectivity index (χ4v) is 5.44. The predicted octanol–water partition coefficient (Wildman–Crippen LogP) is 4.77. The zero-order valence-electron chi connectivity index (χ0n) is 20.6. The maximum absolute atomic E-state index is 12.6. The number of thiophene rings is 1. The lowest BCUT2D eigenvalue weighted by atomic mass is 10.1. The first-order valence-electron chi connectivity index (χ1n) is 11.8. The second-order valence-electron chi connectivity index (χ2n) is 8.24. The van der Waals surface area contributed by atoms with Crippen molar-refractivity contribution < 1.29 is 28.7 Å². The summed E-state index contributed by atoms with van der Waals surface area (Å²) in [4.78, 5) is 51.2. The van der Waals surface area contributed by atoms with Crippen molar-refractivity contribution in [1.82, 2.24) is 5.43 Å². The Kier molecular flexibility index (Phi) is 8.55. The van der Waals surface area contributed by atoms with Gasteiger partial charge in [0.2, 0.25) is 0 Å². The summed E-state index contributed by atoms with van der Waals surface area (Å²) in [6, 6.07) is 13.1. The Balaban J connectivity index is 1.46. The van der Waals surface area contributed by atoms with Gasteiger partial charge in [-0.2, -0.15) is 5.10 Å². The number of esters is 2. The van der Waals surface area contributed by atoms with E-state index in [0.29, 0.717) is 17.5 Å². The van der Waals surface area contributed by atoms with E-state index in [4.69, 9.17) is 21.1 Å². The molecule has 0 spiro atoms. The van der Waals surface area contributed by atoms with E-state index in [0.717, 1.165) is 23.3 Å². The number of amides is 2. The van der Waals surface area contributed by atoms with Crippen LogP contribution in [-0.2, 0) is 27.2 Å². The second kappa shape index (κ2) is 12.0. The quantitative estimate of drug-likeness (QED) is 0.143. The summed E-state index contributed by atoms with van der Waals surface area (Å²) in [6.45, 7) is 3.48. The van der Waals surface area contributed by atoms with E-state index in [1.165, 1.54) is 11.3 Å². The lowest BCUT2D eigenvalue weighted by molar-refractivity contribution is -0.136. The van der Waals surface area contributed by atoms with Crippen LogP contribution in [0.1, 0.15) is 57.0 Å². The number of rotatable bonds is 7. The standard InChI is InChI=1S/C27H24ClN3O6S/c1-3-36-27(35)22-18-11-8-14-21(18)38-25(22)29-23(32)24(33)31-30-15(2)16-9-5-7-13-20(16)37-26(34)17-10-4-6-12-19(17)28/h4-7,9-10,12-13H,3,8,11,14H2,1-2H3,(H,29,32)(H,31,33)/b30-15+. The fourth-order valence-electron chi connectivity index (χ4n) is 3.95. The number of hydrazone groups is 1. The van der Waals surface area contributed by atoms with Crippen LogP contribution in [0.5, 0.6) is 5.75 Å². The number of hydrogen-bond donors (Lipinski definition) is 2. The molecule has 0 saturated heterocycles. The number of aryl methyl sites for hydroxylation is 1. The molecular formula is C27H24ClN3O6S. The van der Waals surface area contributed by atoms with Gasteiger partial charge in [-0.05, 0) is 62.9 Å². The van der Waals surface area contributed by atoms with E-state index in [1.807, 2.05) is 0 Å². The Morgan fingerprint density at radius 1 is 0.974 bits per heavy atom. The molecule has 38 heavy (non-hydrogen) atoms. The molecule has 0 fully saturated rings. The van der Waals surface area contributed by atoms with E-state index in [9.17, 15) is 19.2 Å². The molecule has 4 rings (SSSR count). The summed E-state index contributed by atoms with van der Waals surface area (Å²) in [5, 5.41) is 7.06. The Hall–Kier alpha value is -4.02. The predicted molar refractivity (Wildman–Crippen MR) is 144 cm³/mol. The summed E-state index contributed by atoms with van der Waals surface area (Å²) in [5.41, 5.74) is 4.29. The van der Waals surface area contributed by atoms with Crippen LogP contribution in [0.2, 0.25) is 5.02 Å². The van der Waals surface area contributed by atoms with E-state index >= 15 is 0 Å². The van der Waals surface area contributed by atoms with E-state index in [1.54, 1.807) is 62.4 Å². The van der Waals surface area contributed by atoms with Crippen molar-refractivity contribution in [2.24, 2.45) is 5.10 Å². The Labute approximate surface area is 227 Å². The number of nitrogens with one attached hydrogen (secondary N) is 2. The highest BCUT2D eigenvalue weighted by Gasteiger charge is 2.29. The van der Waals surface area contributed by atoms with Gasteiger partial charge in [0.05, 0.1) is 28.5 Å². The minimum atomic E-state index is -1.03. The van der Waals surface area contributed by atoms with Gasteiger partial charge < -0.3 is 14.8 Å². The maximum Gasteiger partial charge on any atom is 0.345 e. The van der Waals surface area contributed by atoms with Crippen LogP contribution in [0.4, 0.5) is 5.00 Å².